The number of amides is 1. The van der Waals surface area contributed by atoms with Crippen molar-refractivity contribution in [2.75, 3.05) is 0 Å². The van der Waals surface area contributed by atoms with E-state index in [4.69, 9.17) is 0 Å². The van der Waals surface area contributed by atoms with E-state index in [2.05, 4.69) is 10.5 Å². The lowest BCUT2D eigenvalue weighted by molar-refractivity contribution is -0.384. The summed E-state index contributed by atoms with van der Waals surface area (Å²) in [6.07, 6.45) is 5.19. The smallest absolute Gasteiger partial charge is 0.269 e. The molecule has 0 saturated carbocycles. The molecule has 116 valence electrons. The quantitative estimate of drug-likeness (QED) is 0.506. The molecule has 6 heteroatoms. The van der Waals surface area contributed by atoms with Gasteiger partial charge in [0, 0.05) is 18.3 Å². The molecule has 0 aliphatic heterocycles. The van der Waals surface area contributed by atoms with E-state index in [1.165, 1.54) is 18.3 Å². The average Bonchev–Trinajstić information content (AvgIpc) is 2.56. The maximum atomic E-state index is 11.7. The van der Waals surface area contributed by atoms with Crippen LogP contribution in [0.4, 0.5) is 5.69 Å². The van der Waals surface area contributed by atoms with Crippen LogP contribution in [0.25, 0.3) is 6.08 Å². The van der Waals surface area contributed by atoms with Gasteiger partial charge in [0.25, 0.3) is 5.69 Å². The molecular formula is C17H15N3O3. The number of nitro groups is 1. The Morgan fingerprint density at radius 3 is 2.48 bits per heavy atom. The molecule has 0 bridgehead atoms. The molecule has 0 atom stereocenters. The summed E-state index contributed by atoms with van der Waals surface area (Å²) in [4.78, 5) is 21.7. The van der Waals surface area contributed by atoms with E-state index in [1.807, 2.05) is 36.4 Å². The molecule has 0 aliphatic carbocycles. The van der Waals surface area contributed by atoms with Crippen molar-refractivity contribution >= 4 is 23.9 Å². The van der Waals surface area contributed by atoms with Gasteiger partial charge in [-0.1, -0.05) is 48.5 Å². The van der Waals surface area contributed by atoms with Crippen LogP contribution in [0.1, 0.15) is 11.1 Å². The number of hydrazone groups is 1. The van der Waals surface area contributed by atoms with Crippen molar-refractivity contribution < 1.29 is 9.72 Å². The Morgan fingerprint density at radius 1 is 1.13 bits per heavy atom. The number of hydrogen-bond acceptors (Lipinski definition) is 4. The van der Waals surface area contributed by atoms with E-state index in [1.54, 1.807) is 18.2 Å². The van der Waals surface area contributed by atoms with Gasteiger partial charge in [0.05, 0.1) is 11.3 Å². The van der Waals surface area contributed by atoms with Crippen LogP contribution in [0.15, 0.2) is 65.8 Å². The van der Waals surface area contributed by atoms with Crippen molar-refractivity contribution in [3.8, 4) is 0 Å². The van der Waals surface area contributed by atoms with Gasteiger partial charge >= 0.3 is 0 Å². The predicted molar refractivity (Wildman–Crippen MR) is 88.9 cm³/mol. The van der Waals surface area contributed by atoms with Crippen LogP contribution >= 0.6 is 0 Å². The van der Waals surface area contributed by atoms with Crippen LogP contribution in [0, 0.1) is 10.1 Å². The van der Waals surface area contributed by atoms with Gasteiger partial charge in [0.1, 0.15) is 0 Å². The molecule has 0 unspecified atom stereocenters. The van der Waals surface area contributed by atoms with Gasteiger partial charge in [-0.15, -0.1) is 0 Å². The van der Waals surface area contributed by atoms with Gasteiger partial charge in [0.2, 0.25) is 5.91 Å². The van der Waals surface area contributed by atoms with Crippen LogP contribution in [0.2, 0.25) is 0 Å². The van der Waals surface area contributed by atoms with E-state index >= 15 is 0 Å². The lowest BCUT2D eigenvalue weighted by Crippen LogP contribution is -2.19. The fourth-order valence-electron chi connectivity index (χ4n) is 1.83. The van der Waals surface area contributed by atoms with Gasteiger partial charge in [-0.3, -0.25) is 14.9 Å². The number of nitro benzene ring substituents is 1. The summed E-state index contributed by atoms with van der Waals surface area (Å²) in [5.74, 6) is -0.289. The Hall–Kier alpha value is -3.28. The Bertz CT molecular complexity index is 723. The second-order valence-electron chi connectivity index (χ2n) is 4.68. The van der Waals surface area contributed by atoms with Crippen molar-refractivity contribution in [2.45, 2.75) is 6.42 Å². The Morgan fingerprint density at radius 2 is 1.83 bits per heavy atom. The number of benzene rings is 2. The summed E-state index contributed by atoms with van der Waals surface area (Å²) in [5.41, 5.74) is 4.12. The first-order valence-corrected chi connectivity index (χ1v) is 6.92. The standard InChI is InChI=1S/C17H15N3O3/c21-17(13-15-8-10-16(11-9-15)20(22)23)19-18-12-4-7-14-5-2-1-3-6-14/h1-12H,13H2,(H,19,21)/b7-4-,18-12-. The zero-order chi connectivity index (χ0) is 16.5. The maximum absolute atomic E-state index is 11.7. The minimum Gasteiger partial charge on any atom is -0.273 e. The molecule has 1 N–H and O–H groups in total. The highest BCUT2D eigenvalue weighted by Gasteiger charge is 2.06. The molecule has 2 aromatic carbocycles. The SMILES string of the molecule is O=C(Cc1ccc([N+](=O)[O-])cc1)N/N=C\C=C/c1ccccc1. The summed E-state index contributed by atoms with van der Waals surface area (Å²) in [6, 6.07) is 15.6. The maximum Gasteiger partial charge on any atom is 0.269 e. The van der Waals surface area contributed by atoms with Crippen molar-refractivity contribution in [3.05, 3.63) is 81.9 Å². The first-order chi connectivity index (χ1) is 11.1. The summed E-state index contributed by atoms with van der Waals surface area (Å²) in [5, 5.41) is 14.3. The highest BCUT2D eigenvalue weighted by atomic mass is 16.6. The molecule has 2 aromatic rings. The van der Waals surface area contributed by atoms with Crippen molar-refractivity contribution in [3.63, 3.8) is 0 Å². The number of allylic oxidation sites excluding steroid dienone is 1. The van der Waals surface area contributed by atoms with Crippen LogP contribution in [-0.2, 0) is 11.2 Å². The van der Waals surface area contributed by atoms with Gasteiger partial charge in [-0.25, -0.2) is 5.43 Å². The lowest BCUT2D eigenvalue weighted by Gasteiger charge is -1.99. The van der Waals surface area contributed by atoms with Crippen molar-refractivity contribution in [1.29, 1.82) is 0 Å². The predicted octanol–water partition coefficient (Wildman–Crippen LogP) is 2.95. The number of non-ortho nitro benzene ring substituents is 1. The van der Waals surface area contributed by atoms with E-state index < -0.39 is 4.92 Å². The van der Waals surface area contributed by atoms with Gasteiger partial charge in [-0.2, -0.15) is 5.10 Å². The molecule has 0 fully saturated rings. The molecule has 0 spiro atoms. The normalized spacial score (nSPS) is 11.0. The van der Waals surface area contributed by atoms with Gasteiger partial charge in [-0.05, 0) is 17.2 Å². The monoisotopic (exact) mass is 309 g/mol. The van der Waals surface area contributed by atoms with Crippen LogP contribution in [0.3, 0.4) is 0 Å². The molecule has 0 heterocycles. The Labute approximate surface area is 133 Å². The second-order valence-corrected chi connectivity index (χ2v) is 4.68. The zero-order valence-electron chi connectivity index (χ0n) is 12.3. The van der Waals surface area contributed by atoms with Crippen molar-refractivity contribution in [2.24, 2.45) is 5.10 Å². The molecule has 23 heavy (non-hydrogen) atoms. The molecule has 0 aromatic heterocycles. The summed E-state index contributed by atoms with van der Waals surface area (Å²) >= 11 is 0. The first kappa shape index (κ1) is 16.1. The van der Waals surface area contributed by atoms with Crippen LogP contribution < -0.4 is 5.43 Å². The lowest BCUT2D eigenvalue weighted by atomic mass is 10.1. The van der Waals surface area contributed by atoms with E-state index in [0.717, 1.165) is 5.56 Å². The third kappa shape index (κ3) is 5.55. The average molecular weight is 309 g/mol. The first-order valence-electron chi connectivity index (χ1n) is 6.92. The summed E-state index contributed by atoms with van der Waals surface area (Å²) in [7, 11) is 0. The number of carbonyl (C=O) groups excluding carboxylic acids is 1. The number of carbonyl (C=O) groups is 1. The van der Waals surface area contributed by atoms with Crippen molar-refractivity contribution in [1.82, 2.24) is 5.43 Å². The second kappa shape index (κ2) is 8.23. The third-order valence-electron chi connectivity index (χ3n) is 2.95. The Balaban J connectivity index is 1.79. The molecule has 1 amide bonds. The van der Waals surface area contributed by atoms with E-state index in [0.29, 0.717) is 5.56 Å². The fourth-order valence-corrected chi connectivity index (χ4v) is 1.83. The largest absolute Gasteiger partial charge is 0.273 e. The van der Waals surface area contributed by atoms with E-state index in [9.17, 15) is 14.9 Å². The molecule has 0 saturated heterocycles. The van der Waals surface area contributed by atoms with Gasteiger partial charge < -0.3 is 0 Å². The van der Waals surface area contributed by atoms with Crippen LogP contribution in [-0.4, -0.2) is 17.0 Å². The van der Waals surface area contributed by atoms with Gasteiger partial charge in [0.15, 0.2) is 0 Å². The Kier molecular flexibility index (Phi) is 5.76. The van der Waals surface area contributed by atoms with E-state index in [-0.39, 0.29) is 18.0 Å². The number of hydrogen-bond donors (Lipinski definition) is 1. The summed E-state index contributed by atoms with van der Waals surface area (Å²) < 4.78 is 0. The topological polar surface area (TPSA) is 84.6 Å². The summed E-state index contributed by atoms with van der Waals surface area (Å²) in [6.45, 7) is 0. The molecule has 0 radical (unpaired) electrons. The zero-order valence-corrected chi connectivity index (χ0v) is 12.3. The minimum atomic E-state index is -0.479. The number of rotatable bonds is 6. The molecule has 6 nitrogen and oxygen atoms in total. The highest BCUT2D eigenvalue weighted by Crippen LogP contribution is 2.12. The molecule has 0 aliphatic rings. The molecule has 2 rings (SSSR count). The fraction of sp³-hybridized carbons (Fsp3) is 0.0588. The highest BCUT2D eigenvalue weighted by molar-refractivity contribution is 5.82. The van der Waals surface area contributed by atoms with Crippen LogP contribution in [0.5, 0.6) is 0 Å². The third-order valence-corrected chi connectivity index (χ3v) is 2.95. The number of nitrogens with zero attached hydrogens (tertiary/aromatic N) is 2. The number of nitrogens with one attached hydrogen (secondary N) is 1. The molecular weight excluding hydrogens is 294 g/mol. The minimum absolute atomic E-state index is 0.00164.